The zero-order valence-corrected chi connectivity index (χ0v) is 15.6. The average molecular weight is 421 g/mol. The van der Waals surface area contributed by atoms with Crippen LogP contribution in [0.4, 0.5) is 14.5 Å². The molecule has 0 spiro atoms. The molecular weight excluding hydrogens is 409 g/mol. The highest BCUT2D eigenvalue weighted by atomic mass is 35.5. The maximum Gasteiger partial charge on any atom is 0.349 e. The van der Waals surface area contributed by atoms with Crippen molar-refractivity contribution in [1.29, 1.82) is 0 Å². The van der Waals surface area contributed by atoms with Gasteiger partial charge in [0.05, 0.1) is 16.9 Å². The van der Waals surface area contributed by atoms with E-state index in [-0.39, 0.29) is 21.4 Å². The lowest BCUT2D eigenvalue weighted by Gasteiger charge is -2.11. The molecule has 0 heterocycles. The molecule has 0 aliphatic carbocycles. The van der Waals surface area contributed by atoms with E-state index in [2.05, 4.69) is 10.5 Å². The van der Waals surface area contributed by atoms with Gasteiger partial charge >= 0.3 is 5.97 Å². The first-order valence-corrected chi connectivity index (χ1v) is 8.70. The SMILES string of the molecule is O=C(Oc1c(Cl)cc(Cl)cc1C=NNc1ccccc1)c1c(F)cccc1F. The Kier molecular flexibility index (Phi) is 6.23. The van der Waals surface area contributed by atoms with E-state index in [1.165, 1.54) is 18.3 Å². The van der Waals surface area contributed by atoms with Crippen molar-refractivity contribution in [1.82, 2.24) is 0 Å². The van der Waals surface area contributed by atoms with Crippen LogP contribution in [0.1, 0.15) is 15.9 Å². The fourth-order valence-corrected chi connectivity index (χ4v) is 2.86. The third kappa shape index (κ3) is 4.65. The number of anilines is 1. The van der Waals surface area contributed by atoms with E-state index in [4.69, 9.17) is 27.9 Å². The molecule has 0 aliphatic heterocycles. The molecule has 0 atom stereocenters. The highest BCUT2D eigenvalue weighted by molar-refractivity contribution is 6.36. The van der Waals surface area contributed by atoms with E-state index in [0.717, 1.165) is 23.9 Å². The molecule has 0 fully saturated rings. The summed E-state index contributed by atoms with van der Waals surface area (Å²) in [6, 6.07) is 14.9. The van der Waals surface area contributed by atoms with Crippen molar-refractivity contribution < 1.29 is 18.3 Å². The van der Waals surface area contributed by atoms with Gasteiger partial charge in [0.25, 0.3) is 0 Å². The Morgan fingerprint density at radius 3 is 2.36 bits per heavy atom. The largest absolute Gasteiger partial charge is 0.420 e. The molecule has 0 radical (unpaired) electrons. The Labute approximate surface area is 169 Å². The molecule has 142 valence electrons. The van der Waals surface area contributed by atoms with Gasteiger partial charge in [-0.2, -0.15) is 5.10 Å². The van der Waals surface area contributed by atoms with Crippen LogP contribution in [0.15, 0.2) is 65.8 Å². The highest BCUT2D eigenvalue weighted by Gasteiger charge is 2.22. The van der Waals surface area contributed by atoms with Gasteiger partial charge in [-0.1, -0.05) is 47.5 Å². The van der Waals surface area contributed by atoms with Crippen LogP contribution < -0.4 is 10.2 Å². The van der Waals surface area contributed by atoms with Crippen LogP contribution in [0.3, 0.4) is 0 Å². The number of halogens is 4. The lowest BCUT2D eigenvalue weighted by molar-refractivity contribution is 0.0724. The number of para-hydroxylation sites is 1. The standard InChI is InChI=1S/C20H12Cl2F2N2O2/c21-13-9-12(11-25-26-14-5-2-1-3-6-14)19(15(22)10-13)28-20(27)18-16(23)7-4-8-17(18)24/h1-11,26H. The summed E-state index contributed by atoms with van der Waals surface area (Å²) in [5.74, 6) is -3.45. The predicted octanol–water partition coefficient (Wildman–Crippen LogP) is 5.94. The number of rotatable bonds is 5. The third-order valence-electron chi connectivity index (χ3n) is 3.57. The van der Waals surface area contributed by atoms with Gasteiger partial charge in [-0.05, 0) is 36.4 Å². The first kappa shape index (κ1) is 19.8. The molecule has 4 nitrogen and oxygen atoms in total. The predicted molar refractivity (Wildman–Crippen MR) is 105 cm³/mol. The minimum Gasteiger partial charge on any atom is -0.420 e. The van der Waals surface area contributed by atoms with Gasteiger partial charge in [0.1, 0.15) is 17.2 Å². The van der Waals surface area contributed by atoms with E-state index in [0.29, 0.717) is 0 Å². The molecule has 0 saturated heterocycles. The van der Waals surface area contributed by atoms with Crippen molar-refractivity contribution in [3.05, 3.63) is 93.5 Å². The van der Waals surface area contributed by atoms with E-state index in [1.807, 2.05) is 18.2 Å². The number of carbonyl (C=O) groups is 1. The molecule has 0 aromatic heterocycles. The van der Waals surface area contributed by atoms with Crippen LogP contribution >= 0.6 is 23.2 Å². The highest BCUT2D eigenvalue weighted by Crippen LogP contribution is 2.32. The zero-order chi connectivity index (χ0) is 20.1. The Morgan fingerprint density at radius 2 is 1.68 bits per heavy atom. The monoisotopic (exact) mass is 420 g/mol. The summed E-state index contributed by atoms with van der Waals surface area (Å²) in [7, 11) is 0. The van der Waals surface area contributed by atoms with Crippen LogP contribution in [0.25, 0.3) is 0 Å². The molecule has 0 unspecified atom stereocenters. The number of benzene rings is 3. The van der Waals surface area contributed by atoms with Gasteiger partial charge in [0.15, 0.2) is 5.75 Å². The normalized spacial score (nSPS) is 10.9. The van der Waals surface area contributed by atoms with E-state index in [9.17, 15) is 13.6 Å². The van der Waals surface area contributed by atoms with Crippen LogP contribution in [-0.2, 0) is 0 Å². The van der Waals surface area contributed by atoms with E-state index >= 15 is 0 Å². The molecule has 1 N–H and O–H groups in total. The molecular formula is C20H12Cl2F2N2O2. The summed E-state index contributed by atoms with van der Waals surface area (Å²) in [6.45, 7) is 0. The fraction of sp³-hybridized carbons (Fsp3) is 0. The van der Waals surface area contributed by atoms with E-state index < -0.39 is 23.2 Å². The summed E-state index contributed by atoms with van der Waals surface area (Å²) in [4.78, 5) is 12.3. The quantitative estimate of drug-likeness (QED) is 0.240. The number of nitrogens with one attached hydrogen (secondary N) is 1. The van der Waals surface area contributed by atoms with Crippen molar-refractivity contribution in [3.8, 4) is 5.75 Å². The molecule has 0 amide bonds. The zero-order valence-electron chi connectivity index (χ0n) is 14.1. The number of ether oxygens (including phenoxy) is 1. The van der Waals surface area contributed by atoms with Crippen LogP contribution in [0.5, 0.6) is 5.75 Å². The minimum absolute atomic E-state index is 0.0150. The van der Waals surface area contributed by atoms with Crippen molar-refractivity contribution >= 4 is 41.1 Å². The third-order valence-corrected chi connectivity index (χ3v) is 4.07. The lowest BCUT2D eigenvalue weighted by atomic mass is 10.2. The molecule has 3 aromatic carbocycles. The molecule has 3 rings (SSSR count). The van der Waals surface area contributed by atoms with Crippen molar-refractivity contribution in [2.24, 2.45) is 5.10 Å². The summed E-state index contributed by atoms with van der Waals surface area (Å²) in [5, 5.41) is 4.29. The van der Waals surface area contributed by atoms with Crippen molar-refractivity contribution in [2.45, 2.75) is 0 Å². The maximum absolute atomic E-state index is 13.8. The lowest BCUT2D eigenvalue weighted by Crippen LogP contribution is -2.14. The second-order valence-electron chi connectivity index (χ2n) is 5.53. The van der Waals surface area contributed by atoms with Crippen LogP contribution in [0.2, 0.25) is 10.0 Å². The van der Waals surface area contributed by atoms with Gasteiger partial charge in [-0.15, -0.1) is 0 Å². The van der Waals surface area contributed by atoms with Gasteiger partial charge in [-0.25, -0.2) is 13.6 Å². The first-order valence-electron chi connectivity index (χ1n) is 7.95. The second kappa shape index (κ2) is 8.82. The number of hydrogen-bond acceptors (Lipinski definition) is 4. The molecule has 0 saturated carbocycles. The van der Waals surface area contributed by atoms with Gasteiger partial charge in [0, 0.05) is 10.6 Å². The number of hydrogen-bond donors (Lipinski definition) is 1. The average Bonchev–Trinajstić information content (AvgIpc) is 2.65. The summed E-state index contributed by atoms with van der Waals surface area (Å²) >= 11 is 12.1. The smallest absolute Gasteiger partial charge is 0.349 e. The van der Waals surface area contributed by atoms with Crippen LogP contribution in [0, 0.1) is 11.6 Å². The molecule has 8 heteroatoms. The Balaban J connectivity index is 1.89. The Morgan fingerprint density at radius 1 is 1.00 bits per heavy atom. The fourth-order valence-electron chi connectivity index (χ4n) is 2.31. The van der Waals surface area contributed by atoms with Gasteiger partial charge in [-0.3, -0.25) is 5.43 Å². The number of nitrogens with zero attached hydrogens (tertiary/aromatic N) is 1. The molecule has 3 aromatic rings. The van der Waals surface area contributed by atoms with Gasteiger partial charge < -0.3 is 4.74 Å². The molecule has 28 heavy (non-hydrogen) atoms. The van der Waals surface area contributed by atoms with Crippen LogP contribution in [-0.4, -0.2) is 12.2 Å². The van der Waals surface area contributed by atoms with Crippen molar-refractivity contribution in [3.63, 3.8) is 0 Å². The molecule has 0 bridgehead atoms. The minimum atomic E-state index is -1.23. The summed E-state index contributed by atoms with van der Waals surface area (Å²) in [5.41, 5.74) is 2.93. The van der Waals surface area contributed by atoms with E-state index in [1.54, 1.807) is 12.1 Å². The van der Waals surface area contributed by atoms with Gasteiger partial charge in [0.2, 0.25) is 0 Å². The summed E-state index contributed by atoms with van der Waals surface area (Å²) in [6.07, 6.45) is 1.32. The Hall–Kier alpha value is -2.96. The maximum atomic E-state index is 13.8. The summed E-state index contributed by atoms with van der Waals surface area (Å²) < 4.78 is 32.8. The first-order chi connectivity index (χ1) is 13.5. The second-order valence-corrected chi connectivity index (χ2v) is 6.37. The number of carbonyl (C=O) groups excluding carboxylic acids is 1. The van der Waals surface area contributed by atoms with Crippen molar-refractivity contribution in [2.75, 3.05) is 5.43 Å². The Bertz CT molecular complexity index is 1020. The molecule has 0 aliphatic rings. The topological polar surface area (TPSA) is 50.7 Å². The number of hydrazone groups is 1. The number of esters is 1.